The Morgan fingerprint density at radius 2 is 2.00 bits per heavy atom. The lowest BCUT2D eigenvalue weighted by atomic mass is 10.0. The predicted octanol–water partition coefficient (Wildman–Crippen LogP) is 1.83. The fourth-order valence-electron chi connectivity index (χ4n) is 3.08. The number of amidine groups is 1. The first kappa shape index (κ1) is 14.9. The van der Waals surface area contributed by atoms with Gasteiger partial charge in [0.1, 0.15) is 6.17 Å². The number of hydrogen-bond acceptors (Lipinski definition) is 5. The van der Waals surface area contributed by atoms with Crippen LogP contribution in [-0.4, -0.2) is 36.2 Å². The number of rotatable bonds is 2. The van der Waals surface area contributed by atoms with Gasteiger partial charge in [0.25, 0.3) is 0 Å². The summed E-state index contributed by atoms with van der Waals surface area (Å²) in [7, 11) is -3.59. The van der Waals surface area contributed by atoms with Gasteiger partial charge in [-0.25, -0.2) is 26.6 Å². The molecule has 9 heteroatoms. The second-order valence-electron chi connectivity index (χ2n) is 6.02. The van der Waals surface area contributed by atoms with Crippen LogP contribution >= 0.6 is 0 Å². The summed E-state index contributed by atoms with van der Waals surface area (Å²) in [6.07, 6.45) is -1.45. The number of nitrogens with zero attached hydrogens (tertiary/aromatic N) is 2. The van der Waals surface area contributed by atoms with Crippen molar-refractivity contribution < 1.29 is 21.6 Å². The van der Waals surface area contributed by atoms with Crippen LogP contribution in [0.3, 0.4) is 0 Å². The SMILES string of the molecule is O=S(=O)(C1=NC2[C@H](F)C[C@H](c3cccc(F)c3F)N2N1)C1CC1. The molecule has 3 aliphatic rings. The molecular formula is C14H14F3N3O2S. The molecule has 1 unspecified atom stereocenters. The number of hydrazine groups is 1. The van der Waals surface area contributed by atoms with Crippen LogP contribution < -0.4 is 5.43 Å². The van der Waals surface area contributed by atoms with Gasteiger partial charge >= 0.3 is 0 Å². The lowest BCUT2D eigenvalue weighted by molar-refractivity contribution is 0.158. The predicted molar refractivity (Wildman–Crippen MR) is 76.8 cm³/mol. The summed E-state index contributed by atoms with van der Waals surface area (Å²) in [5.41, 5.74) is 2.60. The Balaban J connectivity index is 1.66. The van der Waals surface area contributed by atoms with E-state index in [1.807, 2.05) is 0 Å². The molecule has 0 bridgehead atoms. The third-order valence-corrected chi connectivity index (χ3v) is 6.52. The maximum absolute atomic E-state index is 14.2. The molecule has 1 aromatic rings. The number of halogens is 3. The summed E-state index contributed by atoms with van der Waals surface area (Å²) >= 11 is 0. The van der Waals surface area contributed by atoms with Crippen LogP contribution in [0, 0.1) is 11.6 Å². The molecule has 4 rings (SSSR count). The topological polar surface area (TPSA) is 61.8 Å². The number of sulfone groups is 1. The normalized spacial score (nSPS) is 30.9. The lowest BCUT2D eigenvalue weighted by Crippen LogP contribution is -2.43. The summed E-state index contributed by atoms with van der Waals surface area (Å²) in [4.78, 5) is 3.94. The Labute approximate surface area is 131 Å². The fraction of sp³-hybridized carbons (Fsp3) is 0.500. The summed E-state index contributed by atoms with van der Waals surface area (Å²) in [6, 6.07) is 2.87. The van der Waals surface area contributed by atoms with Gasteiger partial charge in [0.05, 0.1) is 11.3 Å². The van der Waals surface area contributed by atoms with Crippen molar-refractivity contribution in [1.82, 2.24) is 10.4 Å². The van der Waals surface area contributed by atoms with E-state index in [1.165, 1.54) is 17.1 Å². The van der Waals surface area contributed by atoms with Gasteiger partial charge in [-0.05, 0) is 18.9 Å². The minimum Gasteiger partial charge on any atom is -0.291 e. The van der Waals surface area contributed by atoms with Crippen molar-refractivity contribution in [3.8, 4) is 0 Å². The van der Waals surface area contributed by atoms with Crippen LogP contribution in [-0.2, 0) is 9.84 Å². The first-order valence-corrected chi connectivity index (χ1v) is 8.89. The van der Waals surface area contributed by atoms with Crippen molar-refractivity contribution in [3.05, 3.63) is 35.4 Å². The second-order valence-corrected chi connectivity index (χ2v) is 8.17. The molecule has 23 heavy (non-hydrogen) atoms. The highest BCUT2D eigenvalue weighted by Gasteiger charge is 2.51. The molecule has 2 aliphatic heterocycles. The van der Waals surface area contributed by atoms with E-state index in [9.17, 15) is 21.6 Å². The van der Waals surface area contributed by atoms with Crippen LogP contribution in [0.1, 0.15) is 30.9 Å². The Morgan fingerprint density at radius 3 is 2.70 bits per heavy atom. The van der Waals surface area contributed by atoms with Crippen LogP contribution in [0.5, 0.6) is 0 Å². The molecule has 2 fully saturated rings. The van der Waals surface area contributed by atoms with Gasteiger partial charge < -0.3 is 0 Å². The molecule has 5 nitrogen and oxygen atoms in total. The summed E-state index contributed by atoms with van der Waals surface area (Å²) in [5.74, 6) is -2.07. The Bertz CT molecular complexity index is 794. The van der Waals surface area contributed by atoms with Gasteiger partial charge in [-0.2, -0.15) is 5.01 Å². The molecule has 0 amide bonds. The standard InChI is InChI=1S/C14H14F3N3O2S/c15-9-3-1-2-8(12(9)17)11-6-10(16)13-18-14(19-20(11)13)23(21,22)7-4-5-7/h1-3,7,10-11,13H,4-6H2,(H,18,19)/t10-,11-,13?/m1/s1. The summed E-state index contributed by atoms with van der Waals surface area (Å²) in [6.45, 7) is 0. The van der Waals surface area contributed by atoms with E-state index in [1.54, 1.807) is 0 Å². The monoisotopic (exact) mass is 345 g/mol. The van der Waals surface area contributed by atoms with Gasteiger partial charge in [-0.3, -0.25) is 5.43 Å². The van der Waals surface area contributed by atoms with E-state index in [2.05, 4.69) is 10.4 Å². The van der Waals surface area contributed by atoms with Crippen molar-refractivity contribution >= 4 is 15.0 Å². The number of nitrogens with one attached hydrogen (secondary N) is 1. The van der Waals surface area contributed by atoms with Gasteiger partial charge in [0.2, 0.25) is 15.0 Å². The van der Waals surface area contributed by atoms with Crippen molar-refractivity contribution in [2.24, 2.45) is 4.99 Å². The van der Waals surface area contributed by atoms with Crippen LogP contribution in [0.25, 0.3) is 0 Å². The van der Waals surface area contributed by atoms with Crippen molar-refractivity contribution in [2.75, 3.05) is 0 Å². The van der Waals surface area contributed by atoms with E-state index in [0.717, 1.165) is 6.07 Å². The quantitative estimate of drug-likeness (QED) is 0.888. The van der Waals surface area contributed by atoms with Crippen LogP contribution in [0.2, 0.25) is 0 Å². The van der Waals surface area contributed by atoms with Gasteiger partial charge in [-0.1, -0.05) is 12.1 Å². The molecule has 1 aromatic carbocycles. The fourth-order valence-corrected chi connectivity index (χ4v) is 4.64. The minimum absolute atomic E-state index is 0.0112. The highest BCUT2D eigenvalue weighted by molar-refractivity contribution is 8.07. The zero-order valence-corrected chi connectivity index (χ0v) is 12.7. The number of alkyl halides is 1. The number of aliphatic imine (C=N–C) groups is 1. The van der Waals surface area contributed by atoms with Gasteiger partial charge in [0.15, 0.2) is 17.8 Å². The first-order valence-electron chi connectivity index (χ1n) is 7.34. The molecule has 3 atom stereocenters. The molecule has 0 spiro atoms. The van der Waals surface area contributed by atoms with Crippen LogP contribution in [0.4, 0.5) is 13.2 Å². The Kier molecular flexibility index (Phi) is 3.21. The van der Waals surface area contributed by atoms with Gasteiger partial charge in [0, 0.05) is 12.0 Å². The second kappa shape index (κ2) is 4.94. The zero-order chi connectivity index (χ0) is 16.4. The molecule has 1 N–H and O–H groups in total. The molecule has 0 radical (unpaired) electrons. The molecule has 2 heterocycles. The minimum atomic E-state index is -3.59. The average molecular weight is 345 g/mol. The molecule has 1 aliphatic carbocycles. The Hall–Kier alpha value is -1.61. The largest absolute Gasteiger partial charge is 0.291 e. The molecule has 0 aromatic heterocycles. The maximum Gasteiger partial charge on any atom is 0.233 e. The third-order valence-electron chi connectivity index (χ3n) is 4.44. The highest BCUT2D eigenvalue weighted by Crippen LogP contribution is 2.41. The number of benzene rings is 1. The number of fused-ring (bicyclic) bond motifs is 1. The third kappa shape index (κ3) is 2.25. The van der Waals surface area contributed by atoms with Gasteiger partial charge in [-0.15, -0.1) is 0 Å². The van der Waals surface area contributed by atoms with E-state index < -0.39 is 45.1 Å². The molecule has 124 valence electrons. The maximum atomic E-state index is 14.2. The number of hydrogen-bond donors (Lipinski definition) is 1. The highest BCUT2D eigenvalue weighted by atomic mass is 32.2. The van der Waals surface area contributed by atoms with E-state index >= 15 is 0 Å². The Morgan fingerprint density at radius 1 is 1.26 bits per heavy atom. The molecule has 1 saturated carbocycles. The molecular weight excluding hydrogens is 331 g/mol. The summed E-state index contributed by atoms with van der Waals surface area (Å²) < 4.78 is 66.1. The first-order chi connectivity index (χ1) is 10.9. The van der Waals surface area contributed by atoms with Crippen molar-refractivity contribution in [1.29, 1.82) is 0 Å². The smallest absolute Gasteiger partial charge is 0.233 e. The average Bonchev–Trinajstić information content (AvgIpc) is 3.20. The van der Waals surface area contributed by atoms with E-state index in [4.69, 9.17) is 0 Å². The lowest BCUT2D eigenvalue weighted by Gasteiger charge is -2.24. The van der Waals surface area contributed by atoms with Crippen molar-refractivity contribution in [2.45, 2.75) is 42.9 Å². The zero-order valence-electron chi connectivity index (χ0n) is 11.9. The van der Waals surface area contributed by atoms with E-state index in [0.29, 0.717) is 12.8 Å². The van der Waals surface area contributed by atoms with Crippen LogP contribution in [0.15, 0.2) is 23.2 Å². The van der Waals surface area contributed by atoms with Crippen molar-refractivity contribution in [3.63, 3.8) is 0 Å². The summed E-state index contributed by atoms with van der Waals surface area (Å²) in [5, 5.41) is 0.531. The van der Waals surface area contributed by atoms with E-state index in [-0.39, 0.29) is 17.2 Å². The molecule has 1 saturated heterocycles.